The third kappa shape index (κ3) is 3.32. The Morgan fingerprint density at radius 1 is 1.24 bits per heavy atom. The Labute approximate surface area is 125 Å². The summed E-state index contributed by atoms with van der Waals surface area (Å²) in [4.78, 5) is 4.65. The maximum Gasteiger partial charge on any atom is 0.0940 e. The zero-order chi connectivity index (χ0) is 14.7. The molecule has 0 saturated heterocycles. The minimum atomic E-state index is 0.305. The van der Waals surface area contributed by atoms with Crippen LogP contribution in [0.4, 0.5) is 0 Å². The van der Waals surface area contributed by atoms with Gasteiger partial charge in [0.05, 0.1) is 23.3 Å². The Morgan fingerprint density at radius 3 is 2.86 bits per heavy atom. The summed E-state index contributed by atoms with van der Waals surface area (Å²) in [6.45, 7) is 2.07. The maximum atomic E-state index is 5.94. The highest BCUT2D eigenvalue weighted by atomic mass is 15.3. The van der Waals surface area contributed by atoms with E-state index in [-0.39, 0.29) is 0 Å². The van der Waals surface area contributed by atoms with E-state index in [0.717, 1.165) is 42.9 Å². The highest BCUT2D eigenvalue weighted by molar-refractivity contribution is 5.80. The lowest BCUT2D eigenvalue weighted by Crippen LogP contribution is -2.15. The standard InChI is InChI=1S/C17H22N4/c1-13-14(11-15-7-5-6-10-17(18)19-15)12-21(20-13)16-8-3-2-4-9-16/h2-4,8-9,12,15H,5-7,10-11H2,1H3,(H2,18,19). The van der Waals surface area contributed by atoms with Gasteiger partial charge < -0.3 is 5.73 Å². The summed E-state index contributed by atoms with van der Waals surface area (Å²) >= 11 is 0. The second-order valence-corrected chi connectivity index (χ2v) is 5.74. The molecular weight excluding hydrogens is 260 g/mol. The molecule has 2 aromatic rings. The maximum absolute atomic E-state index is 5.94. The fourth-order valence-corrected chi connectivity index (χ4v) is 2.86. The van der Waals surface area contributed by atoms with Crippen LogP contribution in [0.25, 0.3) is 5.69 Å². The highest BCUT2D eigenvalue weighted by Crippen LogP contribution is 2.19. The number of hydrogen-bond donors (Lipinski definition) is 1. The first-order valence-electron chi connectivity index (χ1n) is 7.65. The predicted octanol–water partition coefficient (Wildman–Crippen LogP) is 3.02. The molecule has 3 rings (SSSR count). The molecule has 4 nitrogen and oxygen atoms in total. The number of amidine groups is 1. The van der Waals surface area contributed by atoms with Gasteiger partial charge in [0.15, 0.2) is 0 Å². The first-order chi connectivity index (χ1) is 10.2. The van der Waals surface area contributed by atoms with Crippen molar-refractivity contribution in [2.24, 2.45) is 10.7 Å². The monoisotopic (exact) mass is 282 g/mol. The van der Waals surface area contributed by atoms with E-state index in [2.05, 4.69) is 35.3 Å². The topological polar surface area (TPSA) is 56.2 Å². The summed E-state index contributed by atoms with van der Waals surface area (Å²) in [6, 6.07) is 10.5. The van der Waals surface area contributed by atoms with Crippen LogP contribution in [0.3, 0.4) is 0 Å². The van der Waals surface area contributed by atoms with Gasteiger partial charge in [-0.2, -0.15) is 5.10 Å². The molecule has 21 heavy (non-hydrogen) atoms. The minimum Gasteiger partial charge on any atom is -0.387 e. The molecule has 1 unspecified atom stereocenters. The quantitative estimate of drug-likeness (QED) is 0.940. The average Bonchev–Trinajstić information content (AvgIpc) is 2.72. The number of nitrogens with two attached hydrogens (primary N) is 1. The van der Waals surface area contributed by atoms with Crippen LogP contribution in [0.15, 0.2) is 41.5 Å². The largest absolute Gasteiger partial charge is 0.387 e. The Bertz CT molecular complexity index is 627. The summed E-state index contributed by atoms with van der Waals surface area (Å²) in [6.07, 6.45) is 7.49. The van der Waals surface area contributed by atoms with Crippen LogP contribution in [-0.4, -0.2) is 21.7 Å². The lowest BCUT2D eigenvalue weighted by atomic mass is 10.0. The van der Waals surface area contributed by atoms with Crippen molar-refractivity contribution in [3.8, 4) is 5.69 Å². The van der Waals surface area contributed by atoms with E-state index in [4.69, 9.17) is 5.73 Å². The van der Waals surface area contributed by atoms with Crippen molar-refractivity contribution in [1.82, 2.24) is 9.78 Å². The average molecular weight is 282 g/mol. The fourth-order valence-electron chi connectivity index (χ4n) is 2.86. The lowest BCUT2D eigenvalue weighted by Gasteiger charge is -2.09. The van der Waals surface area contributed by atoms with E-state index in [1.165, 1.54) is 12.0 Å². The van der Waals surface area contributed by atoms with Gasteiger partial charge in [-0.25, -0.2) is 4.68 Å². The molecule has 2 heterocycles. The summed E-state index contributed by atoms with van der Waals surface area (Å²) in [7, 11) is 0. The van der Waals surface area contributed by atoms with Crippen molar-refractivity contribution in [3.05, 3.63) is 47.8 Å². The smallest absolute Gasteiger partial charge is 0.0940 e. The van der Waals surface area contributed by atoms with Crippen molar-refractivity contribution in [2.45, 2.75) is 45.1 Å². The zero-order valence-corrected chi connectivity index (χ0v) is 12.5. The molecule has 0 radical (unpaired) electrons. The Hall–Kier alpha value is -2.10. The molecular formula is C17H22N4. The summed E-state index contributed by atoms with van der Waals surface area (Å²) in [5.41, 5.74) is 9.38. The normalized spacial score (nSPS) is 19.1. The lowest BCUT2D eigenvalue weighted by molar-refractivity contribution is 0.586. The second kappa shape index (κ2) is 6.12. The summed E-state index contributed by atoms with van der Waals surface area (Å²) in [5.74, 6) is 0.811. The van der Waals surface area contributed by atoms with E-state index < -0.39 is 0 Å². The molecule has 0 bridgehead atoms. The molecule has 0 amide bonds. The van der Waals surface area contributed by atoms with Crippen LogP contribution in [0.2, 0.25) is 0 Å². The van der Waals surface area contributed by atoms with Crippen LogP contribution < -0.4 is 5.73 Å². The van der Waals surface area contributed by atoms with Crippen LogP contribution in [-0.2, 0) is 6.42 Å². The molecule has 0 aliphatic carbocycles. The number of aryl methyl sites for hydroxylation is 1. The predicted molar refractivity (Wildman–Crippen MR) is 85.9 cm³/mol. The van der Waals surface area contributed by atoms with Gasteiger partial charge in [0.2, 0.25) is 0 Å². The van der Waals surface area contributed by atoms with Gasteiger partial charge in [-0.3, -0.25) is 4.99 Å². The fraction of sp³-hybridized carbons (Fsp3) is 0.412. The van der Waals surface area contributed by atoms with Gasteiger partial charge in [0, 0.05) is 12.6 Å². The van der Waals surface area contributed by atoms with E-state index in [9.17, 15) is 0 Å². The number of hydrogen-bond acceptors (Lipinski definition) is 3. The molecule has 1 aromatic heterocycles. The molecule has 1 aliphatic rings. The third-order valence-electron chi connectivity index (χ3n) is 4.05. The van der Waals surface area contributed by atoms with Gasteiger partial charge in [-0.05, 0) is 43.9 Å². The molecule has 0 saturated carbocycles. The number of benzene rings is 1. The summed E-state index contributed by atoms with van der Waals surface area (Å²) < 4.78 is 1.95. The highest BCUT2D eigenvalue weighted by Gasteiger charge is 2.15. The molecule has 110 valence electrons. The van der Waals surface area contributed by atoms with E-state index >= 15 is 0 Å². The second-order valence-electron chi connectivity index (χ2n) is 5.74. The first-order valence-corrected chi connectivity index (χ1v) is 7.65. The first kappa shape index (κ1) is 13.9. The molecule has 0 fully saturated rings. The van der Waals surface area contributed by atoms with Crippen molar-refractivity contribution in [2.75, 3.05) is 0 Å². The molecule has 4 heteroatoms. The van der Waals surface area contributed by atoms with Crippen molar-refractivity contribution in [1.29, 1.82) is 0 Å². The number of aliphatic imine (C=N–C) groups is 1. The SMILES string of the molecule is Cc1nn(-c2ccccc2)cc1CC1CCCCC(N)=N1. The number of nitrogens with zero attached hydrogens (tertiary/aromatic N) is 3. The van der Waals surface area contributed by atoms with Crippen molar-refractivity contribution >= 4 is 5.84 Å². The molecule has 0 spiro atoms. The van der Waals surface area contributed by atoms with E-state index in [1.54, 1.807) is 0 Å². The Kier molecular flexibility index (Phi) is 4.04. The van der Waals surface area contributed by atoms with E-state index in [0.29, 0.717) is 6.04 Å². The van der Waals surface area contributed by atoms with Gasteiger partial charge in [-0.1, -0.05) is 24.6 Å². The van der Waals surface area contributed by atoms with Crippen molar-refractivity contribution < 1.29 is 0 Å². The number of para-hydroxylation sites is 1. The van der Waals surface area contributed by atoms with E-state index in [1.807, 2.05) is 22.9 Å². The van der Waals surface area contributed by atoms with Crippen molar-refractivity contribution in [3.63, 3.8) is 0 Å². The van der Waals surface area contributed by atoms with Crippen LogP contribution >= 0.6 is 0 Å². The molecule has 1 atom stereocenters. The molecule has 1 aliphatic heterocycles. The van der Waals surface area contributed by atoms with Gasteiger partial charge in [0.25, 0.3) is 0 Å². The number of rotatable bonds is 3. The minimum absolute atomic E-state index is 0.305. The third-order valence-corrected chi connectivity index (χ3v) is 4.05. The Morgan fingerprint density at radius 2 is 2.05 bits per heavy atom. The van der Waals surface area contributed by atoms with Crippen LogP contribution in [0, 0.1) is 6.92 Å². The van der Waals surface area contributed by atoms with Crippen LogP contribution in [0.1, 0.15) is 36.9 Å². The molecule has 1 aromatic carbocycles. The zero-order valence-electron chi connectivity index (χ0n) is 12.5. The Balaban J connectivity index is 1.80. The van der Waals surface area contributed by atoms with Gasteiger partial charge >= 0.3 is 0 Å². The van der Waals surface area contributed by atoms with Gasteiger partial charge in [0.1, 0.15) is 0 Å². The van der Waals surface area contributed by atoms with Crippen LogP contribution in [0.5, 0.6) is 0 Å². The molecule has 2 N–H and O–H groups in total. The van der Waals surface area contributed by atoms with Gasteiger partial charge in [-0.15, -0.1) is 0 Å². The number of aromatic nitrogens is 2. The summed E-state index contributed by atoms with van der Waals surface area (Å²) in [5, 5.41) is 4.63.